The van der Waals surface area contributed by atoms with E-state index in [1.807, 2.05) is 25.1 Å². The first-order valence-corrected chi connectivity index (χ1v) is 6.90. The first-order chi connectivity index (χ1) is 10.1. The molecule has 1 aromatic rings. The number of ether oxygens (including phenoxy) is 1. The minimum absolute atomic E-state index is 0.0577. The number of anilines is 1. The van der Waals surface area contributed by atoms with Gasteiger partial charge in [0.15, 0.2) is 0 Å². The first kappa shape index (κ1) is 15.1. The number of benzene rings is 1. The molecule has 2 rings (SSSR count). The molecule has 0 aromatic heterocycles. The molecule has 1 atom stereocenters. The van der Waals surface area contributed by atoms with Crippen LogP contribution in [0.5, 0.6) is 5.75 Å². The maximum atomic E-state index is 12.2. The van der Waals surface area contributed by atoms with Gasteiger partial charge in [-0.3, -0.25) is 9.59 Å². The van der Waals surface area contributed by atoms with Crippen LogP contribution in [0.1, 0.15) is 12.0 Å². The quantitative estimate of drug-likeness (QED) is 0.838. The Bertz CT molecular complexity index is 569. The van der Waals surface area contributed by atoms with Crippen LogP contribution in [-0.4, -0.2) is 32.0 Å². The van der Waals surface area contributed by atoms with Crippen LogP contribution in [0.15, 0.2) is 30.9 Å². The summed E-state index contributed by atoms with van der Waals surface area (Å²) in [6, 6.07) is 5.67. The molecule has 0 saturated carbocycles. The van der Waals surface area contributed by atoms with E-state index in [0.29, 0.717) is 18.8 Å². The molecule has 1 saturated heterocycles. The van der Waals surface area contributed by atoms with Crippen molar-refractivity contribution in [1.29, 1.82) is 0 Å². The Morgan fingerprint density at radius 2 is 2.33 bits per heavy atom. The standard InChI is InChI=1S/C16H20N2O3/c1-4-7-17-16(20)12-9-15(19)18(10-12)13-8-11(2)5-6-14(13)21-3/h4-6,8,12H,1,7,9-10H2,2-3H3,(H,17,20)/t12-/m0/s1. The number of rotatable bonds is 5. The van der Waals surface area contributed by atoms with Gasteiger partial charge in [0.1, 0.15) is 5.75 Å². The summed E-state index contributed by atoms with van der Waals surface area (Å²) in [5.74, 6) is 0.138. The lowest BCUT2D eigenvalue weighted by Crippen LogP contribution is -2.33. The number of carbonyl (C=O) groups excluding carboxylic acids is 2. The molecule has 0 radical (unpaired) electrons. The van der Waals surface area contributed by atoms with Crippen molar-refractivity contribution in [3.63, 3.8) is 0 Å². The molecule has 0 spiro atoms. The molecular weight excluding hydrogens is 268 g/mol. The van der Waals surface area contributed by atoms with E-state index in [0.717, 1.165) is 11.3 Å². The molecule has 2 amide bonds. The normalized spacial score (nSPS) is 17.7. The molecule has 1 N–H and O–H groups in total. The number of nitrogens with one attached hydrogen (secondary N) is 1. The minimum atomic E-state index is -0.331. The van der Waals surface area contributed by atoms with Gasteiger partial charge in [0.05, 0.1) is 18.7 Å². The van der Waals surface area contributed by atoms with Crippen molar-refractivity contribution in [2.24, 2.45) is 5.92 Å². The third-order valence-electron chi connectivity index (χ3n) is 3.54. The predicted octanol–water partition coefficient (Wildman–Crippen LogP) is 1.66. The smallest absolute Gasteiger partial charge is 0.227 e. The average Bonchev–Trinajstić information content (AvgIpc) is 2.86. The molecule has 0 bridgehead atoms. The molecule has 112 valence electrons. The van der Waals surface area contributed by atoms with Gasteiger partial charge in [0.25, 0.3) is 0 Å². The highest BCUT2D eigenvalue weighted by molar-refractivity contribution is 6.01. The minimum Gasteiger partial charge on any atom is -0.495 e. The number of amides is 2. The summed E-state index contributed by atoms with van der Waals surface area (Å²) >= 11 is 0. The lowest BCUT2D eigenvalue weighted by molar-refractivity contribution is -0.126. The zero-order valence-electron chi connectivity index (χ0n) is 12.4. The molecule has 0 aliphatic carbocycles. The van der Waals surface area contributed by atoms with Crippen molar-refractivity contribution in [3.8, 4) is 5.75 Å². The third kappa shape index (κ3) is 3.24. The molecule has 5 heteroatoms. The molecule has 1 aromatic carbocycles. The summed E-state index contributed by atoms with van der Waals surface area (Å²) in [5, 5.41) is 2.74. The Morgan fingerprint density at radius 3 is 3.00 bits per heavy atom. The van der Waals surface area contributed by atoms with Crippen molar-refractivity contribution in [2.75, 3.05) is 25.1 Å². The second-order valence-corrected chi connectivity index (χ2v) is 5.11. The Hall–Kier alpha value is -2.30. The number of hydrogen-bond acceptors (Lipinski definition) is 3. The van der Waals surface area contributed by atoms with Crippen LogP contribution in [0.2, 0.25) is 0 Å². The van der Waals surface area contributed by atoms with Gasteiger partial charge in [-0.1, -0.05) is 12.1 Å². The van der Waals surface area contributed by atoms with Gasteiger partial charge in [-0.05, 0) is 24.6 Å². The van der Waals surface area contributed by atoms with Crippen molar-refractivity contribution >= 4 is 17.5 Å². The van der Waals surface area contributed by atoms with E-state index >= 15 is 0 Å². The number of methoxy groups -OCH3 is 1. The van der Waals surface area contributed by atoms with Crippen LogP contribution < -0.4 is 15.0 Å². The van der Waals surface area contributed by atoms with Gasteiger partial charge in [0.2, 0.25) is 11.8 Å². The molecule has 5 nitrogen and oxygen atoms in total. The summed E-state index contributed by atoms with van der Waals surface area (Å²) in [5.41, 5.74) is 1.76. The molecule has 21 heavy (non-hydrogen) atoms. The van der Waals surface area contributed by atoms with E-state index in [9.17, 15) is 9.59 Å². The summed E-state index contributed by atoms with van der Waals surface area (Å²) in [4.78, 5) is 25.8. The monoisotopic (exact) mass is 288 g/mol. The third-order valence-corrected chi connectivity index (χ3v) is 3.54. The van der Waals surface area contributed by atoms with E-state index in [1.165, 1.54) is 0 Å². The predicted molar refractivity (Wildman–Crippen MR) is 81.4 cm³/mol. The van der Waals surface area contributed by atoms with Crippen molar-refractivity contribution in [1.82, 2.24) is 5.32 Å². The molecular formula is C16H20N2O3. The van der Waals surface area contributed by atoms with Gasteiger partial charge < -0.3 is 15.0 Å². The molecule has 1 aliphatic heterocycles. The van der Waals surface area contributed by atoms with Gasteiger partial charge in [-0.2, -0.15) is 0 Å². The average molecular weight is 288 g/mol. The lowest BCUT2D eigenvalue weighted by atomic mass is 10.1. The zero-order chi connectivity index (χ0) is 15.4. The fourth-order valence-electron chi connectivity index (χ4n) is 2.44. The lowest BCUT2D eigenvalue weighted by Gasteiger charge is -2.20. The van der Waals surface area contributed by atoms with E-state index in [4.69, 9.17) is 4.74 Å². The number of nitrogens with zero attached hydrogens (tertiary/aromatic N) is 1. The molecule has 0 unspecified atom stereocenters. The molecule has 1 heterocycles. The topological polar surface area (TPSA) is 58.6 Å². The highest BCUT2D eigenvalue weighted by Crippen LogP contribution is 2.33. The fraction of sp³-hybridized carbons (Fsp3) is 0.375. The van der Waals surface area contributed by atoms with Gasteiger partial charge in [0, 0.05) is 19.5 Å². The van der Waals surface area contributed by atoms with E-state index in [2.05, 4.69) is 11.9 Å². The van der Waals surface area contributed by atoms with Gasteiger partial charge in [-0.15, -0.1) is 6.58 Å². The van der Waals surface area contributed by atoms with Crippen molar-refractivity contribution < 1.29 is 14.3 Å². The summed E-state index contributed by atoms with van der Waals surface area (Å²) in [7, 11) is 1.57. The number of aryl methyl sites for hydroxylation is 1. The van der Waals surface area contributed by atoms with Crippen LogP contribution in [0.4, 0.5) is 5.69 Å². The SMILES string of the molecule is C=CCNC(=O)[C@H]1CC(=O)N(c2cc(C)ccc2OC)C1. The van der Waals surface area contributed by atoms with Crippen molar-refractivity contribution in [3.05, 3.63) is 36.4 Å². The Labute approximate surface area is 124 Å². The Balaban J connectivity index is 2.18. The van der Waals surface area contributed by atoms with E-state index in [1.54, 1.807) is 18.1 Å². The summed E-state index contributed by atoms with van der Waals surface area (Å²) in [6.07, 6.45) is 1.84. The van der Waals surface area contributed by atoms with E-state index < -0.39 is 0 Å². The highest BCUT2D eigenvalue weighted by atomic mass is 16.5. The van der Waals surface area contributed by atoms with Crippen LogP contribution in [-0.2, 0) is 9.59 Å². The van der Waals surface area contributed by atoms with Crippen LogP contribution in [0.3, 0.4) is 0 Å². The second kappa shape index (κ2) is 6.43. The van der Waals surface area contributed by atoms with Crippen LogP contribution in [0, 0.1) is 12.8 Å². The number of carbonyl (C=O) groups is 2. The van der Waals surface area contributed by atoms with Crippen LogP contribution >= 0.6 is 0 Å². The second-order valence-electron chi connectivity index (χ2n) is 5.11. The molecule has 1 aliphatic rings. The van der Waals surface area contributed by atoms with Crippen molar-refractivity contribution in [2.45, 2.75) is 13.3 Å². The highest BCUT2D eigenvalue weighted by Gasteiger charge is 2.36. The largest absolute Gasteiger partial charge is 0.495 e. The van der Waals surface area contributed by atoms with Gasteiger partial charge in [-0.25, -0.2) is 0 Å². The fourth-order valence-corrected chi connectivity index (χ4v) is 2.44. The van der Waals surface area contributed by atoms with Crippen LogP contribution in [0.25, 0.3) is 0 Å². The first-order valence-electron chi connectivity index (χ1n) is 6.90. The van der Waals surface area contributed by atoms with Gasteiger partial charge >= 0.3 is 0 Å². The molecule has 1 fully saturated rings. The Morgan fingerprint density at radius 1 is 1.57 bits per heavy atom. The maximum Gasteiger partial charge on any atom is 0.227 e. The summed E-state index contributed by atoms with van der Waals surface area (Å²) in [6.45, 7) is 6.31. The summed E-state index contributed by atoms with van der Waals surface area (Å²) < 4.78 is 5.31. The zero-order valence-corrected chi connectivity index (χ0v) is 12.4. The van der Waals surface area contributed by atoms with E-state index in [-0.39, 0.29) is 24.2 Å². The maximum absolute atomic E-state index is 12.2. The Kier molecular flexibility index (Phi) is 4.62. The number of hydrogen-bond donors (Lipinski definition) is 1.